The zero-order valence-electron chi connectivity index (χ0n) is 7.54. The van der Waals surface area contributed by atoms with Gasteiger partial charge in [0.2, 0.25) is 0 Å². The van der Waals surface area contributed by atoms with Crippen LogP contribution in [0.2, 0.25) is 0 Å². The third kappa shape index (κ3) is 3.83. The minimum atomic E-state index is 1.08. The van der Waals surface area contributed by atoms with E-state index in [2.05, 4.69) is 43.2 Å². The summed E-state index contributed by atoms with van der Waals surface area (Å²) in [6.07, 6.45) is 2.38. The lowest BCUT2D eigenvalue weighted by Gasteiger charge is -1.93. The topological polar surface area (TPSA) is 26.0 Å². The quantitative estimate of drug-likeness (QED) is 0.745. The molecule has 68 valence electrons. The molecule has 0 saturated heterocycles. The van der Waals surface area contributed by atoms with Crippen molar-refractivity contribution in [1.29, 1.82) is 0 Å². The Morgan fingerprint density at radius 3 is 2.42 bits per heavy atom. The molecule has 0 atom stereocenters. The maximum absolute atomic E-state index is 4.54. The Bertz CT molecular complexity index is 200. The summed E-state index contributed by atoms with van der Waals surface area (Å²) in [6, 6.07) is 2.23. The maximum Gasteiger partial charge on any atom is 0.0588 e. The molecule has 0 unspecified atom stereocenters. The van der Waals surface area contributed by atoms with Crippen LogP contribution in [-0.4, -0.2) is 5.49 Å². The standard InChI is InChI=1S/C8H12S.CH3NS/c1-3-7-5-6-9-8(7)4-2;2-1-3/h5-6H,3-4H2,1-2H3;1H,(H2,2,3). The summed E-state index contributed by atoms with van der Waals surface area (Å²) in [4.78, 5) is 1.55. The summed E-state index contributed by atoms with van der Waals surface area (Å²) in [6.45, 7) is 4.42. The van der Waals surface area contributed by atoms with E-state index in [1.54, 1.807) is 4.88 Å². The molecule has 1 aromatic rings. The number of rotatable bonds is 2. The van der Waals surface area contributed by atoms with Crippen molar-refractivity contribution in [2.24, 2.45) is 5.73 Å². The number of hydrogen-bond acceptors (Lipinski definition) is 2. The predicted octanol–water partition coefficient (Wildman–Crippen LogP) is 2.78. The van der Waals surface area contributed by atoms with Crippen LogP contribution in [-0.2, 0) is 12.8 Å². The van der Waals surface area contributed by atoms with Gasteiger partial charge in [-0.25, -0.2) is 0 Å². The van der Waals surface area contributed by atoms with Crippen LogP contribution < -0.4 is 5.73 Å². The van der Waals surface area contributed by atoms with Crippen molar-refractivity contribution in [3.8, 4) is 0 Å². The van der Waals surface area contributed by atoms with Crippen molar-refractivity contribution in [2.75, 3.05) is 0 Å². The number of aryl methyl sites for hydroxylation is 2. The van der Waals surface area contributed by atoms with E-state index in [4.69, 9.17) is 0 Å². The number of hydrogen-bond donors (Lipinski definition) is 1. The first-order valence-corrected chi connectivity index (χ1v) is 5.35. The molecule has 0 bridgehead atoms. The molecule has 0 aromatic carbocycles. The Morgan fingerprint density at radius 2 is 2.08 bits per heavy atom. The number of thiocarbonyl (C=S) groups is 1. The fourth-order valence-electron chi connectivity index (χ4n) is 0.992. The highest BCUT2D eigenvalue weighted by atomic mass is 32.1. The Labute approximate surface area is 83.6 Å². The van der Waals surface area contributed by atoms with Gasteiger partial charge >= 0.3 is 0 Å². The molecule has 0 amide bonds. The van der Waals surface area contributed by atoms with Crippen molar-refractivity contribution >= 4 is 29.0 Å². The van der Waals surface area contributed by atoms with Crippen LogP contribution in [0.1, 0.15) is 24.3 Å². The van der Waals surface area contributed by atoms with Crippen molar-refractivity contribution in [3.63, 3.8) is 0 Å². The second-order valence-electron chi connectivity index (χ2n) is 2.21. The first-order valence-electron chi connectivity index (χ1n) is 4.00. The Kier molecular flexibility index (Phi) is 7.00. The van der Waals surface area contributed by atoms with Gasteiger partial charge in [-0.2, -0.15) is 0 Å². The molecule has 2 N–H and O–H groups in total. The smallest absolute Gasteiger partial charge is 0.0588 e. The Balaban J connectivity index is 0.000000354. The first-order chi connectivity index (χ1) is 5.79. The number of thiophene rings is 1. The highest BCUT2D eigenvalue weighted by Crippen LogP contribution is 2.16. The average Bonchev–Trinajstić information content (AvgIpc) is 2.52. The third-order valence-corrected chi connectivity index (χ3v) is 2.65. The molecule has 0 saturated carbocycles. The second-order valence-corrected chi connectivity index (χ2v) is 3.49. The van der Waals surface area contributed by atoms with E-state index >= 15 is 0 Å². The zero-order chi connectivity index (χ0) is 9.40. The molecule has 1 heterocycles. The van der Waals surface area contributed by atoms with Gasteiger partial charge in [0.05, 0.1) is 5.49 Å². The zero-order valence-corrected chi connectivity index (χ0v) is 9.17. The molecule has 1 aromatic heterocycles. The van der Waals surface area contributed by atoms with E-state index in [0.717, 1.165) is 5.49 Å². The van der Waals surface area contributed by atoms with Gasteiger partial charge in [-0.05, 0) is 29.9 Å². The maximum atomic E-state index is 4.54. The fourth-order valence-corrected chi connectivity index (χ4v) is 1.92. The Morgan fingerprint density at radius 1 is 1.50 bits per heavy atom. The summed E-state index contributed by atoms with van der Waals surface area (Å²) in [5, 5.41) is 2.18. The normalized spacial score (nSPS) is 8.50. The van der Waals surface area contributed by atoms with Gasteiger partial charge in [-0.1, -0.05) is 26.1 Å². The highest BCUT2D eigenvalue weighted by Gasteiger charge is 1.96. The summed E-state index contributed by atoms with van der Waals surface area (Å²) < 4.78 is 0. The van der Waals surface area contributed by atoms with Crippen LogP contribution >= 0.6 is 23.6 Å². The number of nitrogens with two attached hydrogens (primary N) is 1. The first kappa shape index (κ1) is 11.6. The third-order valence-electron chi connectivity index (χ3n) is 1.54. The lowest BCUT2D eigenvalue weighted by atomic mass is 10.2. The lowest BCUT2D eigenvalue weighted by molar-refractivity contribution is 1.07. The molecule has 1 nitrogen and oxygen atoms in total. The molecule has 1 rings (SSSR count). The molecule has 3 heteroatoms. The molecular weight excluding hydrogens is 186 g/mol. The molecule has 12 heavy (non-hydrogen) atoms. The molecule has 0 radical (unpaired) electrons. The molecule has 0 spiro atoms. The van der Waals surface area contributed by atoms with Crippen LogP contribution in [0.4, 0.5) is 0 Å². The molecule has 0 aliphatic rings. The van der Waals surface area contributed by atoms with Crippen LogP contribution in [0.25, 0.3) is 0 Å². The minimum absolute atomic E-state index is 1.08. The second kappa shape index (κ2) is 7.25. The van der Waals surface area contributed by atoms with Gasteiger partial charge < -0.3 is 5.73 Å². The van der Waals surface area contributed by atoms with Crippen LogP contribution in [0, 0.1) is 0 Å². The lowest BCUT2D eigenvalue weighted by Crippen LogP contribution is -1.80. The fraction of sp³-hybridized carbons (Fsp3) is 0.444. The van der Waals surface area contributed by atoms with Crippen molar-refractivity contribution < 1.29 is 0 Å². The monoisotopic (exact) mass is 201 g/mol. The van der Waals surface area contributed by atoms with E-state index in [1.807, 2.05) is 11.3 Å². The van der Waals surface area contributed by atoms with Gasteiger partial charge in [-0.3, -0.25) is 0 Å². The molecule has 0 aliphatic carbocycles. The van der Waals surface area contributed by atoms with E-state index < -0.39 is 0 Å². The molecule has 0 aliphatic heterocycles. The molecular formula is C9H15NS2. The van der Waals surface area contributed by atoms with E-state index in [-0.39, 0.29) is 0 Å². The van der Waals surface area contributed by atoms with Crippen LogP contribution in [0.15, 0.2) is 11.4 Å². The minimum Gasteiger partial charge on any atom is -0.396 e. The van der Waals surface area contributed by atoms with Gasteiger partial charge in [0.1, 0.15) is 0 Å². The van der Waals surface area contributed by atoms with Crippen molar-refractivity contribution in [3.05, 3.63) is 21.9 Å². The highest BCUT2D eigenvalue weighted by molar-refractivity contribution is 7.78. The van der Waals surface area contributed by atoms with Gasteiger partial charge in [0.25, 0.3) is 0 Å². The van der Waals surface area contributed by atoms with E-state index in [9.17, 15) is 0 Å². The SMILES string of the molecule is CCc1ccsc1CC.NC=S. The van der Waals surface area contributed by atoms with Gasteiger partial charge in [0.15, 0.2) is 0 Å². The van der Waals surface area contributed by atoms with Gasteiger partial charge in [0, 0.05) is 4.88 Å². The van der Waals surface area contributed by atoms with Crippen molar-refractivity contribution in [1.82, 2.24) is 0 Å². The largest absolute Gasteiger partial charge is 0.396 e. The van der Waals surface area contributed by atoms with Crippen molar-refractivity contribution in [2.45, 2.75) is 26.7 Å². The summed E-state index contributed by atoms with van der Waals surface area (Å²) >= 11 is 5.92. The summed E-state index contributed by atoms with van der Waals surface area (Å²) in [5.41, 5.74) is 7.15. The summed E-state index contributed by atoms with van der Waals surface area (Å²) in [7, 11) is 0. The van der Waals surface area contributed by atoms with Crippen LogP contribution in [0.3, 0.4) is 0 Å². The average molecular weight is 201 g/mol. The van der Waals surface area contributed by atoms with E-state index in [1.165, 1.54) is 18.4 Å². The molecule has 0 fully saturated rings. The van der Waals surface area contributed by atoms with E-state index in [0.29, 0.717) is 0 Å². The Hall–Kier alpha value is -0.410. The summed E-state index contributed by atoms with van der Waals surface area (Å²) in [5.74, 6) is 0. The predicted molar refractivity (Wildman–Crippen MR) is 60.9 cm³/mol. The van der Waals surface area contributed by atoms with Gasteiger partial charge in [-0.15, -0.1) is 11.3 Å². The van der Waals surface area contributed by atoms with Crippen LogP contribution in [0.5, 0.6) is 0 Å².